The van der Waals surface area contributed by atoms with Gasteiger partial charge in [-0.3, -0.25) is 4.79 Å². The van der Waals surface area contributed by atoms with Crippen LogP contribution in [0.2, 0.25) is 0 Å². The van der Waals surface area contributed by atoms with Gasteiger partial charge in [0.05, 0.1) is 5.56 Å². The van der Waals surface area contributed by atoms with Crippen LogP contribution < -0.4 is 5.32 Å². The molecule has 1 aromatic carbocycles. The number of anilines is 1. The Morgan fingerprint density at radius 2 is 2.15 bits per heavy atom. The Bertz CT molecular complexity index is 666. The number of thiophene rings is 1. The Labute approximate surface area is 125 Å². The van der Waals surface area contributed by atoms with Crippen LogP contribution in [0.3, 0.4) is 0 Å². The van der Waals surface area contributed by atoms with Crippen molar-refractivity contribution in [2.45, 2.75) is 12.8 Å². The third-order valence-electron chi connectivity index (χ3n) is 2.76. The van der Waals surface area contributed by atoms with Gasteiger partial charge in [-0.25, -0.2) is 4.79 Å². The number of aromatic carboxylic acids is 1. The van der Waals surface area contributed by atoms with Crippen molar-refractivity contribution in [1.29, 1.82) is 0 Å². The summed E-state index contributed by atoms with van der Waals surface area (Å²) in [5.74, 6) is -1.07. The molecule has 0 unspecified atom stereocenters. The monoisotopic (exact) mass is 309 g/mol. The van der Waals surface area contributed by atoms with Crippen LogP contribution in [0.4, 0.5) is 5.00 Å². The maximum Gasteiger partial charge on any atom is 0.338 e. The molecule has 0 aliphatic carbocycles. The molecule has 0 aliphatic heterocycles. The molecule has 104 valence electrons. The van der Waals surface area contributed by atoms with Crippen LogP contribution in [-0.4, -0.2) is 17.0 Å². The van der Waals surface area contributed by atoms with E-state index in [9.17, 15) is 9.59 Å². The second kappa shape index (κ2) is 6.07. The summed E-state index contributed by atoms with van der Waals surface area (Å²) in [6.45, 7) is 1.70. The maximum atomic E-state index is 12.1. The number of aryl methyl sites for hydroxylation is 1. The van der Waals surface area contributed by atoms with E-state index in [0.29, 0.717) is 22.0 Å². The van der Waals surface area contributed by atoms with E-state index in [1.54, 1.807) is 30.5 Å². The Kier molecular flexibility index (Phi) is 4.42. The number of carboxylic acids is 1. The molecule has 2 rings (SSSR count). The summed E-state index contributed by atoms with van der Waals surface area (Å²) >= 11 is 6.93. The molecule has 1 amide bonds. The van der Waals surface area contributed by atoms with Gasteiger partial charge in [0.2, 0.25) is 0 Å². The molecule has 2 N–H and O–H groups in total. The van der Waals surface area contributed by atoms with Gasteiger partial charge in [0.15, 0.2) is 0 Å². The number of carboxylic acid groups (broad SMARTS) is 1. The van der Waals surface area contributed by atoms with E-state index in [2.05, 4.69) is 5.32 Å². The summed E-state index contributed by atoms with van der Waals surface area (Å²) in [4.78, 5) is 23.3. The number of carbonyl (C=O) groups is 2. The fourth-order valence-corrected chi connectivity index (χ4v) is 2.87. The number of hydrogen-bond donors (Lipinski definition) is 2. The Morgan fingerprint density at radius 1 is 1.40 bits per heavy atom. The highest BCUT2D eigenvalue weighted by atomic mass is 35.5. The molecule has 20 heavy (non-hydrogen) atoms. The van der Waals surface area contributed by atoms with Gasteiger partial charge in [0.1, 0.15) is 5.00 Å². The zero-order chi connectivity index (χ0) is 14.7. The van der Waals surface area contributed by atoms with Gasteiger partial charge < -0.3 is 10.4 Å². The van der Waals surface area contributed by atoms with E-state index in [1.807, 2.05) is 6.07 Å². The lowest BCUT2D eigenvalue weighted by molar-refractivity contribution is 0.0698. The van der Waals surface area contributed by atoms with Gasteiger partial charge in [-0.1, -0.05) is 12.1 Å². The maximum absolute atomic E-state index is 12.1. The topological polar surface area (TPSA) is 66.4 Å². The summed E-state index contributed by atoms with van der Waals surface area (Å²) in [5, 5.41) is 13.8. The number of benzene rings is 1. The molecule has 0 spiro atoms. The predicted octanol–water partition coefficient (Wildman–Crippen LogP) is 3.75. The Balaban J connectivity index is 2.26. The minimum absolute atomic E-state index is 0.136. The summed E-state index contributed by atoms with van der Waals surface area (Å²) in [7, 11) is 0. The number of nitrogens with one attached hydrogen (secondary N) is 1. The predicted molar refractivity (Wildman–Crippen MR) is 80.0 cm³/mol. The molecule has 4 nitrogen and oxygen atoms in total. The molecule has 0 bridgehead atoms. The standard InChI is InChI=1S/C14H12ClNO3S/c1-8-7-20-13(11(8)14(18)19)16-12(17)10-4-2-3-9(5-10)6-15/h2-5,7H,6H2,1H3,(H,16,17)(H,18,19). The largest absolute Gasteiger partial charge is 0.478 e. The van der Waals surface area contributed by atoms with E-state index in [-0.39, 0.29) is 11.5 Å². The van der Waals surface area contributed by atoms with Gasteiger partial charge in [-0.05, 0) is 35.6 Å². The van der Waals surface area contributed by atoms with Gasteiger partial charge in [-0.15, -0.1) is 22.9 Å². The van der Waals surface area contributed by atoms with E-state index in [0.717, 1.165) is 5.56 Å². The highest BCUT2D eigenvalue weighted by Crippen LogP contribution is 2.28. The third kappa shape index (κ3) is 3.00. The minimum Gasteiger partial charge on any atom is -0.478 e. The van der Waals surface area contributed by atoms with Crippen LogP contribution >= 0.6 is 22.9 Å². The van der Waals surface area contributed by atoms with E-state index in [1.165, 1.54) is 11.3 Å². The molecule has 2 aromatic rings. The van der Waals surface area contributed by atoms with Gasteiger partial charge in [0, 0.05) is 11.4 Å². The molecule has 0 atom stereocenters. The van der Waals surface area contributed by atoms with Crippen molar-refractivity contribution < 1.29 is 14.7 Å². The molecular formula is C14H12ClNO3S. The number of amides is 1. The fraction of sp³-hybridized carbons (Fsp3) is 0.143. The molecule has 0 saturated carbocycles. The number of halogens is 1. The van der Waals surface area contributed by atoms with Crippen molar-refractivity contribution in [3.05, 3.63) is 51.9 Å². The lowest BCUT2D eigenvalue weighted by Gasteiger charge is -2.06. The lowest BCUT2D eigenvalue weighted by atomic mass is 10.1. The highest BCUT2D eigenvalue weighted by Gasteiger charge is 2.18. The summed E-state index contributed by atoms with van der Waals surface area (Å²) in [6.07, 6.45) is 0. The van der Waals surface area contributed by atoms with Gasteiger partial charge in [0.25, 0.3) is 5.91 Å². The normalized spacial score (nSPS) is 10.3. The molecule has 6 heteroatoms. The van der Waals surface area contributed by atoms with Crippen molar-refractivity contribution in [1.82, 2.24) is 0 Å². The lowest BCUT2D eigenvalue weighted by Crippen LogP contribution is -2.13. The van der Waals surface area contributed by atoms with Gasteiger partial charge in [-0.2, -0.15) is 0 Å². The van der Waals surface area contributed by atoms with Crippen LogP contribution in [0.15, 0.2) is 29.6 Å². The number of alkyl halides is 1. The molecule has 1 aromatic heterocycles. The number of rotatable bonds is 4. The van der Waals surface area contributed by atoms with Crippen molar-refractivity contribution in [3.63, 3.8) is 0 Å². The minimum atomic E-state index is -1.05. The highest BCUT2D eigenvalue weighted by molar-refractivity contribution is 7.15. The zero-order valence-electron chi connectivity index (χ0n) is 10.6. The molecule has 0 radical (unpaired) electrons. The van der Waals surface area contributed by atoms with Crippen LogP contribution in [0.5, 0.6) is 0 Å². The van der Waals surface area contributed by atoms with Crippen molar-refractivity contribution in [2.75, 3.05) is 5.32 Å². The summed E-state index contributed by atoms with van der Waals surface area (Å²) in [6, 6.07) is 6.90. The molecule has 0 fully saturated rings. The van der Waals surface area contributed by atoms with Crippen LogP contribution in [-0.2, 0) is 5.88 Å². The van der Waals surface area contributed by atoms with Crippen LogP contribution in [0.1, 0.15) is 31.8 Å². The van der Waals surface area contributed by atoms with E-state index in [4.69, 9.17) is 16.7 Å². The summed E-state index contributed by atoms with van der Waals surface area (Å²) in [5.41, 5.74) is 2.05. The first-order valence-corrected chi connectivity index (χ1v) is 7.22. The first-order chi connectivity index (χ1) is 9.52. The smallest absolute Gasteiger partial charge is 0.338 e. The molecule has 1 heterocycles. The third-order valence-corrected chi connectivity index (χ3v) is 4.08. The van der Waals surface area contributed by atoms with E-state index < -0.39 is 5.97 Å². The Morgan fingerprint density at radius 3 is 2.80 bits per heavy atom. The van der Waals surface area contributed by atoms with Crippen molar-refractivity contribution in [3.8, 4) is 0 Å². The number of hydrogen-bond acceptors (Lipinski definition) is 3. The average Bonchev–Trinajstić information content (AvgIpc) is 2.79. The van der Waals surface area contributed by atoms with Gasteiger partial charge >= 0.3 is 5.97 Å². The van der Waals surface area contributed by atoms with Crippen LogP contribution in [0.25, 0.3) is 0 Å². The molecule has 0 aliphatic rings. The quantitative estimate of drug-likeness (QED) is 0.845. The second-order valence-corrected chi connectivity index (χ2v) is 5.36. The van der Waals surface area contributed by atoms with Crippen molar-refractivity contribution in [2.24, 2.45) is 0 Å². The molecular weight excluding hydrogens is 298 g/mol. The number of carbonyl (C=O) groups excluding carboxylic acids is 1. The molecule has 0 saturated heterocycles. The Hall–Kier alpha value is -1.85. The van der Waals surface area contributed by atoms with Crippen molar-refractivity contribution >= 4 is 39.8 Å². The fourth-order valence-electron chi connectivity index (χ4n) is 1.77. The van der Waals surface area contributed by atoms with E-state index >= 15 is 0 Å². The zero-order valence-corrected chi connectivity index (χ0v) is 12.2. The first kappa shape index (κ1) is 14.6. The first-order valence-electron chi connectivity index (χ1n) is 5.80. The van der Waals surface area contributed by atoms with Crippen LogP contribution in [0, 0.1) is 6.92 Å². The summed E-state index contributed by atoms with van der Waals surface area (Å²) < 4.78 is 0. The SMILES string of the molecule is Cc1csc(NC(=O)c2cccc(CCl)c2)c1C(=O)O. The second-order valence-electron chi connectivity index (χ2n) is 4.22. The average molecular weight is 310 g/mol.